The van der Waals surface area contributed by atoms with E-state index in [1.165, 1.54) is 6.92 Å². The van der Waals surface area contributed by atoms with Gasteiger partial charge in [0.05, 0.1) is 5.92 Å². The third-order valence-electron chi connectivity index (χ3n) is 2.87. The van der Waals surface area contributed by atoms with E-state index < -0.39 is 11.7 Å². The van der Waals surface area contributed by atoms with Crippen LogP contribution < -0.4 is 0 Å². The molecule has 0 unspecified atom stereocenters. The Hall–Kier alpha value is -2.22. The zero-order chi connectivity index (χ0) is 13.0. The van der Waals surface area contributed by atoms with E-state index in [9.17, 15) is 9.59 Å². The van der Waals surface area contributed by atoms with E-state index in [4.69, 9.17) is 0 Å². The first-order chi connectivity index (χ1) is 8.70. The van der Waals surface area contributed by atoms with Crippen LogP contribution in [-0.2, 0) is 9.59 Å². The van der Waals surface area contributed by atoms with Crippen LogP contribution in [0.15, 0.2) is 60.7 Å². The minimum Gasteiger partial charge on any atom is -0.291 e. The highest BCUT2D eigenvalue weighted by molar-refractivity contribution is 6.39. The maximum absolute atomic E-state index is 12.1. The SMILES string of the molecule is CC(=O)C(=O)C(c1ccccc1)c1ccccc1. The Morgan fingerprint density at radius 3 is 1.50 bits per heavy atom. The van der Waals surface area contributed by atoms with Gasteiger partial charge in [-0.2, -0.15) is 0 Å². The van der Waals surface area contributed by atoms with Crippen LogP contribution in [0.5, 0.6) is 0 Å². The molecule has 0 saturated heterocycles. The molecule has 2 aromatic carbocycles. The van der Waals surface area contributed by atoms with Crippen LogP contribution in [0.4, 0.5) is 0 Å². The van der Waals surface area contributed by atoms with E-state index >= 15 is 0 Å². The van der Waals surface area contributed by atoms with Crippen molar-refractivity contribution in [2.75, 3.05) is 0 Å². The third-order valence-corrected chi connectivity index (χ3v) is 2.87. The topological polar surface area (TPSA) is 34.1 Å². The van der Waals surface area contributed by atoms with Crippen molar-refractivity contribution in [3.8, 4) is 0 Å². The van der Waals surface area contributed by atoms with Crippen molar-refractivity contribution in [2.24, 2.45) is 0 Å². The van der Waals surface area contributed by atoms with Gasteiger partial charge in [-0.3, -0.25) is 9.59 Å². The average Bonchev–Trinajstić information content (AvgIpc) is 2.41. The second-order valence-corrected chi connectivity index (χ2v) is 4.17. The summed E-state index contributed by atoms with van der Waals surface area (Å²) in [6.07, 6.45) is 0. The van der Waals surface area contributed by atoms with E-state index in [-0.39, 0.29) is 5.78 Å². The summed E-state index contributed by atoms with van der Waals surface area (Å²) in [5, 5.41) is 0. The third kappa shape index (κ3) is 2.54. The second-order valence-electron chi connectivity index (χ2n) is 4.17. The zero-order valence-electron chi connectivity index (χ0n) is 10.2. The van der Waals surface area contributed by atoms with Gasteiger partial charge in [-0.1, -0.05) is 60.7 Å². The van der Waals surface area contributed by atoms with Crippen LogP contribution in [0.3, 0.4) is 0 Å². The Labute approximate surface area is 106 Å². The van der Waals surface area contributed by atoms with Crippen LogP contribution in [0, 0.1) is 0 Å². The van der Waals surface area contributed by atoms with Crippen molar-refractivity contribution in [2.45, 2.75) is 12.8 Å². The fourth-order valence-corrected chi connectivity index (χ4v) is 1.99. The molecule has 0 aliphatic heterocycles. The number of carbonyl (C=O) groups is 2. The average molecular weight is 238 g/mol. The molecule has 0 N–H and O–H groups in total. The monoisotopic (exact) mass is 238 g/mol. The number of Topliss-reactive ketones (excluding diaryl/α,β-unsaturated/α-hetero) is 2. The van der Waals surface area contributed by atoms with E-state index in [1.807, 2.05) is 60.7 Å². The summed E-state index contributed by atoms with van der Waals surface area (Å²) >= 11 is 0. The molecule has 2 aromatic rings. The molecule has 2 nitrogen and oxygen atoms in total. The summed E-state index contributed by atoms with van der Waals surface area (Å²) in [4.78, 5) is 23.5. The predicted molar refractivity (Wildman–Crippen MR) is 70.4 cm³/mol. The number of hydrogen-bond donors (Lipinski definition) is 0. The Morgan fingerprint density at radius 2 is 1.17 bits per heavy atom. The molecule has 2 rings (SSSR count). The molecule has 0 fully saturated rings. The molecule has 0 aromatic heterocycles. The summed E-state index contributed by atoms with van der Waals surface area (Å²) < 4.78 is 0. The van der Waals surface area contributed by atoms with Crippen molar-refractivity contribution in [3.63, 3.8) is 0 Å². The van der Waals surface area contributed by atoms with Crippen molar-refractivity contribution < 1.29 is 9.59 Å². The molecule has 0 atom stereocenters. The maximum Gasteiger partial charge on any atom is 0.209 e. The van der Waals surface area contributed by atoms with Gasteiger partial charge in [0.25, 0.3) is 0 Å². The normalized spacial score (nSPS) is 10.3. The smallest absolute Gasteiger partial charge is 0.209 e. The summed E-state index contributed by atoms with van der Waals surface area (Å²) in [6, 6.07) is 18.8. The van der Waals surface area contributed by atoms with Crippen molar-refractivity contribution in [1.82, 2.24) is 0 Å². The Balaban J connectivity index is 2.48. The standard InChI is InChI=1S/C16H14O2/c1-12(17)16(18)15(13-8-4-2-5-9-13)14-10-6-3-7-11-14/h2-11,15H,1H3. The molecule has 0 bridgehead atoms. The molecule has 0 heterocycles. The van der Waals surface area contributed by atoms with Gasteiger partial charge in [-0.05, 0) is 11.1 Å². The van der Waals surface area contributed by atoms with Gasteiger partial charge in [-0.25, -0.2) is 0 Å². The predicted octanol–water partition coefficient (Wildman–Crippen LogP) is 2.98. The molecule has 0 saturated carbocycles. The lowest BCUT2D eigenvalue weighted by Crippen LogP contribution is -2.20. The largest absolute Gasteiger partial charge is 0.291 e. The van der Waals surface area contributed by atoms with Gasteiger partial charge < -0.3 is 0 Å². The van der Waals surface area contributed by atoms with Crippen molar-refractivity contribution >= 4 is 11.6 Å². The molecule has 90 valence electrons. The maximum atomic E-state index is 12.1. The van der Waals surface area contributed by atoms with E-state index in [0.29, 0.717) is 0 Å². The highest BCUT2D eigenvalue weighted by atomic mass is 16.2. The molecule has 0 aliphatic rings. The van der Waals surface area contributed by atoms with Crippen molar-refractivity contribution in [1.29, 1.82) is 0 Å². The minimum atomic E-state index is -0.495. The number of carbonyl (C=O) groups excluding carboxylic acids is 2. The van der Waals surface area contributed by atoms with Crippen LogP contribution in [0.2, 0.25) is 0 Å². The van der Waals surface area contributed by atoms with Gasteiger partial charge in [0.2, 0.25) is 5.78 Å². The first-order valence-electron chi connectivity index (χ1n) is 5.85. The lowest BCUT2D eigenvalue weighted by atomic mass is 9.86. The second kappa shape index (κ2) is 5.41. The molecule has 18 heavy (non-hydrogen) atoms. The van der Waals surface area contributed by atoms with Crippen LogP contribution in [0.1, 0.15) is 24.0 Å². The summed E-state index contributed by atoms with van der Waals surface area (Å²) in [5.41, 5.74) is 1.70. The Bertz CT molecular complexity index is 504. The minimum absolute atomic E-state index is 0.368. The first-order valence-corrected chi connectivity index (χ1v) is 5.85. The number of benzene rings is 2. The number of rotatable bonds is 4. The van der Waals surface area contributed by atoms with E-state index in [0.717, 1.165) is 11.1 Å². The highest BCUT2D eigenvalue weighted by Crippen LogP contribution is 2.25. The Morgan fingerprint density at radius 1 is 0.778 bits per heavy atom. The molecular formula is C16H14O2. The quantitative estimate of drug-likeness (QED) is 0.767. The van der Waals surface area contributed by atoms with Crippen LogP contribution in [-0.4, -0.2) is 11.6 Å². The molecule has 0 radical (unpaired) electrons. The van der Waals surface area contributed by atoms with Gasteiger partial charge in [-0.15, -0.1) is 0 Å². The van der Waals surface area contributed by atoms with Crippen molar-refractivity contribution in [3.05, 3.63) is 71.8 Å². The summed E-state index contributed by atoms with van der Waals surface area (Å²) in [6.45, 7) is 1.32. The number of hydrogen-bond acceptors (Lipinski definition) is 2. The van der Waals surface area contributed by atoms with Crippen LogP contribution in [0.25, 0.3) is 0 Å². The lowest BCUT2D eigenvalue weighted by molar-refractivity contribution is -0.135. The first kappa shape index (κ1) is 12.2. The Kier molecular flexibility index (Phi) is 3.68. The van der Waals surface area contributed by atoms with E-state index in [2.05, 4.69) is 0 Å². The van der Waals surface area contributed by atoms with Gasteiger partial charge in [0, 0.05) is 6.92 Å². The molecular weight excluding hydrogens is 224 g/mol. The van der Waals surface area contributed by atoms with E-state index in [1.54, 1.807) is 0 Å². The molecule has 2 heteroatoms. The molecule has 0 amide bonds. The summed E-state index contributed by atoms with van der Waals surface area (Å²) in [5.74, 6) is -1.27. The van der Waals surface area contributed by atoms with Gasteiger partial charge in [0.15, 0.2) is 5.78 Å². The van der Waals surface area contributed by atoms with Gasteiger partial charge in [0.1, 0.15) is 0 Å². The summed E-state index contributed by atoms with van der Waals surface area (Å²) in [7, 11) is 0. The molecule has 0 aliphatic carbocycles. The lowest BCUT2D eigenvalue weighted by Gasteiger charge is -2.15. The van der Waals surface area contributed by atoms with Gasteiger partial charge >= 0.3 is 0 Å². The number of ketones is 2. The van der Waals surface area contributed by atoms with Crippen LogP contribution >= 0.6 is 0 Å². The highest BCUT2D eigenvalue weighted by Gasteiger charge is 2.25. The fourth-order valence-electron chi connectivity index (χ4n) is 1.99. The fraction of sp³-hybridized carbons (Fsp3) is 0.125. The zero-order valence-corrected chi connectivity index (χ0v) is 10.2. The molecule has 0 spiro atoms.